The summed E-state index contributed by atoms with van der Waals surface area (Å²) in [5.74, 6) is 1.01. The van der Waals surface area contributed by atoms with Gasteiger partial charge in [-0.1, -0.05) is 26.7 Å². The van der Waals surface area contributed by atoms with E-state index in [0.717, 1.165) is 64.2 Å². The number of esters is 1. The van der Waals surface area contributed by atoms with Crippen LogP contribution < -0.4 is 0 Å². The maximum absolute atomic E-state index is 13.5. The molecular formula is C26H44O5. The SMILES string of the molecule is COC(=O)CCCC1CCC2C(C(=O)C[C@H](C)O)C(C3(C)CCCCC3O)CCC12C. The number of hydrogen-bond donors (Lipinski definition) is 2. The fraction of sp³-hybridized carbons (Fsp3) is 0.923. The van der Waals surface area contributed by atoms with Crippen molar-refractivity contribution in [3.8, 4) is 0 Å². The molecule has 5 heteroatoms. The van der Waals surface area contributed by atoms with Gasteiger partial charge in [-0.3, -0.25) is 9.59 Å². The van der Waals surface area contributed by atoms with Crippen molar-refractivity contribution < 1.29 is 24.5 Å². The number of Topliss-reactive ketones (excluding diaryl/α,β-unsaturated/α-hetero) is 1. The van der Waals surface area contributed by atoms with Crippen LogP contribution in [0.5, 0.6) is 0 Å². The molecule has 31 heavy (non-hydrogen) atoms. The minimum Gasteiger partial charge on any atom is -0.469 e. The van der Waals surface area contributed by atoms with Gasteiger partial charge in [0.05, 0.1) is 19.3 Å². The first-order valence-electron chi connectivity index (χ1n) is 12.6. The van der Waals surface area contributed by atoms with Crippen LogP contribution in [-0.4, -0.2) is 41.3 Å². The Labute approximate surface area is 188 Å². The second-order valence-corrected chi connectivity index (χ2v) is 11.3. The summed E-state index contributed by atoms with van der Waals surface area (Å²) in [4.78, 5) is 25.1. The van der Waals surface area contributed by atoms with Crippen molar-refractivity contribution >= 4 is 11.8 Å². The summed E-state index contributed by atoms with van der Waals surface area (Å²) >= 11 is 0. The van der Waals surface area contributed by atoms with Crippen LogP contribution in [0.15, 0.2) is 0 Å². The Morgan fingerprint density at radius 1 is 1.03 bits per heavy atom. The lowest BCUT2D eigenvalue weighted by Crippen LogP contribution is -2.53. The molecule has 0 saturated heterocycles. The van der Waals surface area contributed by atoms with Gasteiger partial charge >= 0.3 is 5.97 Å². The van der Waals surface area contributed by atoms with Gasteiger partial charge in [0, 0.05) is 18.8 Å². The molecule has 0 heterocycles. The number of methoxy groups -OCH3 is 1. The third-order valence-electron chi connectivity index (χ3n) is 9.55. The van der Waals surface area contributed by atoms with Crippen molar-refractivity contribution in [1.82, 2.24) is 0 Å². The molecule has 8 atom stereocenters. The summed E-state index contributed by atoms with van der Waals surface area (Å²) in [6.45, 7) is 6.29. The molecule has 5 nitrogen and oxygen atoms in total. The fourth-order valence-corrected chi connectivity index (χ4v) is 7.71. The smallest absolute Gasteiger partial charge is 0.305 e. The Kier molecular flexibility index (Phi) is 7.89. The molecule has 0 aromatic rings. The summed E-state index contributed by atoms with van der Waals surface area (Å²) in [6.07, 6.45) is 9.79. The molecule has 3 aliphatic carbocycles. The van der Waals surface area contributed by atoms with Crippen LogP contribution in [0, 0.1) is 34.5 Å². The molecule has 0 radical (unpaired) electrons. The topological polar surface area (TPSA) is 83.8 Å². The molecule has 0 aliphatic heterocycles. The van der Waals surface area contributed by atoms with Crippen LogP contribution in [0.3, 0.4) is 0 Å². The fourth-order valence-electron chi connectivity index (χ4n) is 7.71. The Morgan fingerprint density at radius 2 is 1.74 bits per heavy atom. The molecule has 0 aromatic heterocycles. The average Bonchev–Trinajstić information content (AvgIpc) is 3.05. The molecule has 0 spiro atoms. The van der Waals surface area contributed by atoms with Crippen LogP contribution in [0.4, 0.5) is 0 Å². The second-order valence-electron chi connectivity index (χ2n) is 11.3. The van der Waals surface area contributed by atoms with Gasteiger partial charge in [-0.15, -0.1) is 0 Å². The van der Waals surface area contributed by atoms with Gasteiger partial charge < -0.3 is 14.9 Å². The Hall–Kier alpha value is -0.940. The molecular weight excluding hydrogens is 392 g/mol. The van der Waals surface area contributed by atoms with E-state index in [1.165, 1.54) is 7.11 Å². The third kappa shape index (κ3) is 4.88. The Morgan fingerprint density at radius 3 is 2.39 bits per heavy atom. The summed E-state index contributed by atoms with van der Waals surface area (Å²) in [5, 5.41) is 21.0. The van der Waals surface area contributed by atoms with Gasteiger partial charge in [-0.05, 0) is 86.9 Å². The largest absolute Gasteiger partial charge is 0.469 e. The van der Waals surface area contributed by atoms with Gasteiger partial charge in [0.25, 0.3) is 0 Å². The maximum atomic E-state index is 13.5. The highest BCUT2D eigenvalue weighted by Gasteiger charge is 2.59. The molecule has 0 aromatic carbocycles. The van der Waals surface area contributed by atoms with Crippen molar-refractivity contribution in [3.05, 3.63) is 0 Å². The summed E-state index contributed by atoms with van der Waals surface area (Å²) in [6, 6.07) is 0. The van der Waals surface area contributed by atoms with E-state index in [-0.39, 0.29) is 46.9 Å². The van der Waals surface area contributed by atoms with Crippen molar-refractivity contribution in [2.24, 2.45) is 34.5 Å². The van der Waals surface area contributed by atoms with E-state index in [1.807, 2.05) is 0 Å². The van der Waals surface area contributed by atoms with E-state index in [9.17, 15) is 19.8 Å². The number of carbonyl (C=O) groups is 2. The van der Waals surface area contributed by atoms with Gasteiger partial charge in [0.1, 0.15) is 5.78 Å². The zero-order valence-electron chi connectivity index (χ0n) is 20.1. The van der Waals surface area contributed by atoms with Crippen LogP contribution in [0.2, 0.25) is 0 Å². The molecule has 0 bridgehead atoms. The molecule has 3 aliphatic rings. The van der Waals surface area contributed by atoms with E-state index < -0.39 is 6.10 Å². The van der Waals surface area contributed by atoms with Gasteiger partial charge in [-0.25, -0.2) is 0 Å². The normalized spacial score (nSPS) is 41.4. The minimum atomic E-state index is -0.623. The first-order valence-corrected chi connectivity index (χ1v) is 12.6. The summed E-state index contributed by atoms with van der Waals surface area (Å²) in [5.41, 5.74) is -0.108. The van der Waals surface area contributed by atoms with Crippen LogP contribution in [-0.2, 0) is 14.3 Å². The van der Waals surface area contributed by atoms with Crippen LogP contribution in [0.25, 0.3) is 0 Å². The highest BCUT2D eigenvalue weighted by atomic mass is 16.5. The molecule has 0 amide bonds. The van der Waals surface area contributed by atoms with E-state index in [2.05, 4.69) is 13.8 Å². The maximum Gasteiger partial charge on any atom is 0.305 e. The lowest BCUT2D eigenvalue weighted by Gasteiger charge is -2.55. The molecule has 7 unspecified atom stereocenters. The lowest BCUT2D eigenvalue weighted by molar-refractivity contribution is -0.147. The summed E-state index contributed by atoms with van der Waals surface area (Å²) < 4.78 is 4.80. The number of aliphatic hydroxyl groups is 2. The molecule has 2 N–H and O–H groups in total. The highest BCUT2D eigenvalue weighted by Crippen LogP contribution is 2.64. The van der Waals surface area contributed by atoms with E-state index in [1.54, 1.807) is 6.92 Å². The number of fused-ring (bicyclic) bond motifs is 1. The average molecular weight is 437 g/mol. The highest BCUT2D eigenvalue weighted by molar-refractivity contribution is 5.82. The van der Waals surface area contributed by atoms with Crippen molar-refractivity contribution in [2.75, 3.05) is 7.11 Å². The van der Waals surface area contributed by atoms with Crippen LogP contribution >= 0.6 is 0 Å². The first-order chi connectivity index (χ1) is 14.6. The Balaban J connectivity index is 1.83. The predicted octanol–water partition coefficient (Wildman–Crippen LogP) is 4.67. The second kappa shape index (κ2) is 9.91. The first kappa shape index (κ1) is 24.7. The quantitative estimate of drug-likeness (QED) is 0.540. The van der Waals surface area contributed by atoms with Crippen molar-refractivity contribution in [3.63, 3.8) is 0 Å². The lowest BCUT2D eigenvalue weighted by atomic mass is 9.49. The molecule has 3 rings (SSSR count). The zero-order valence-corrected chi connectivity index (χ0v) is 20.1. The number of aliphatic hydroxyl groups excluding tert-OH is 2. The van der Waals surface area contributed by atoms with E-state index in [0.29, 0.717) is 18.3 Å². The minimum absolute atomic E-state index is 0.0725. The van der Waals surface area contributed by atoms with Crippen LogP contribution in [0.1, 0.15) is 97.8 Å². The van der Waals surface area contributed by atoms with Gasteiger partial charge in [0.15, 0.2) is 0 Å². The van der Waals surface area contributed by atoms with Gasteiger partial charge in [-0.2, -0.15) is 0 Å². The molecule has 3 fully saturated rings. The number of ether oxygens (including phenoxy) is 1. The summed E-state index contributed by atoms with van der Waals surface area (Å²) in [7, 11) is 1.44. The number of hydrogen-bond acceptors (Lipinski definition) is 5. The number of rotatable bonds is 8. The van der Waals surface area contributed by atoms with Crippen molar-refractivity contribution in [2.45, 2.75) is 110 Å². The van der Waals surface area contributed by atoms with E-state index in [4.69, 9.17) is 4.74 Å². The third-order valence-corrected chi connectivity index (χ3v) is 9.55. The zero-order chi connectivity index (χ0) is 22.8. The molecule has 178 valence electrons. The van der Waals surface area contributed by atoms with E-state index >= 15 is 0 Å². The monoisotopic (exact) mass is 436 g/mol. The number of carbonyl (C=O) groups excluding carboxylic acids is 2. The Bertz CT molecular complexity index is 646. The predicted molar refractivity (Wildman–Crippen MR) is 120 cm³/mol. The number of ketones is 1. The van der Waals surface area contributed by atoms with Crippen molar-refractivity contribution in [1.29, 1.82) is 0 Å². The molecule has 3 saturated carbocycles. The standard InChI is InChI=1S/C26H44O5/c1-17(27)16-21(28)24-19-12-11-18(8-7-10-23(30)31-4)25(19,2)15-13-20(24)26(3)14-6-5-9-22(26)29/h17-20,22,24,27,29H,5-16H2,1-4H3/t17-,18?,19?,20?,22?,24?,25?,26?/m0/s1. The van der Waals surface area contributed by atoms with Gasteiger partial charge in [0.2, 0.25) is 0 Å².